The zero-order valence-electron chi connectivity index (χ0n) is 12.8. The number of nitrogens with zero attached hydrogens (tertiary/aromatic N) is 1. The molecule has 4 nitrogen and oxygen atoms in total. The van der Waals surface area contributed by atoms with Gasteiger partial charge in [0.15, 0.2) is 0 Å². The topological polar surface area (TPSA) is 70.6 Å². The Bertz CT molecular complexity index is 294. The number of oxime groups is 1. The van der Waals surface area contributed by atoms with E-state index in [4.69, 9.17) is 10.9 Å². The van der Waals surface area contributed by atoms with Gasteiger partial charge >= 0.3 is 0 Å². The molecule has 0 aromatic carbocycles. The Morgan fingerprint density at radius 2 is 2.00 bits per heavy atom. The van der Waals surface area contributed by atoms with Gasteiger partial charge in [0.1, 0.15) is 5.84 Å². The van der Waals surface area contributed by atoms with Crippen LogP contribution < -0.4 is 11.1 Å². The fourth-order valence-corrected chi connectivity index (χ4v) is 3.05. The van der Waals surface area contributed by atoms with E-state index in [9.17, 15) is 0 Å². The molecule has 0 atom stereocenters. The first-order valence-electron chi connectivity index (χ1n) is 7.64. The molecule has 0 unspecified atom stereocenters. The SMILES string of the molecule is CCC1(CNCCCC(C)(C)C(N)=NO)CCCC1. The molecule has 1 fully saturated rings. The minimum Gasteiger partial charge on any atom is -0.409 e. The molecular weight excluding hydrogens is 238 g/mol. The first-order chi connectivity index (χ1) is 8.96. The molecule has 0 aromatic heterocycles. The van der Waals surface area contributed by atoms with E-state index in [0.717, 1.165) is 25.9 Å². The van der Waals surface area contributed by atoms with E-state index in [2.05, 4.69) is 17.4 Å². The van der Waals surface area contributed by atoms with Gasteiger partial charge < -0.3 is 16.3 Å². The fraction of sp³-hybridized carbons (Fsp3) is 0.933. The largest absolute Gasteiger partial charge is 0.409 e. The molecule has 0 aromatic rings. The van der Waals surface area contributed by atoms with E-state index in [1.807, 2.05) is 13.8 Å². The van der Waals surface area contributed by atoms with Gasteiger partial charge in [-0.25, -0.2) is 0 Å². The highest BCUT2D eigenvalue weighted by molar-refractivity contribution is 5.85. The quantitative estimate of drug-likeness (QED) is 0.208. The Morgan fingerprint density at radius 3 is 2.53 bits per heavy atom. The minimum absolute atomic E-state index is 0.216. The molecule has 1 saturated carbocycles. The maximum absolute atomic E-state index is 8.73. The van der Waals surface area contributed by atoms with Crippen molar-refractivity contribution in [3.05, 3.63) is 0 Å². The first kappa shape index (κ1) is 16.3. The maximum Gasteiger partial charge on any atom is 0.144 e. The van der Waals surface area contributed by atoms with Gasteiger partial charge in [-0.15, -0.1) is 0 Å². The van der Waals surface area contributed by atoms with Crippen molar-refractivity contribution in [1.82, 2.24) is 5.32 Å². The van der Waals surface area contributed by atoms with Crippen LogP contribution >= 0.6 is 0 Å². The number of hydrogen-bond donors (Lipinski definition) is 3. The molecule has 0 radical (unpaired) electrons. The summed E-state index contributed by atoms with van der Waals surface area (Å²) in [7, 11) is 0. The van der Waals surface area contributed by atoms with E-state index in [1.54, 1.807) is 0 Å². The van der Waals surface area contributed by atoms with Crippen LogP contribution in [0.25, 0.3) is 0 Å². The summed E-state index contributed by atoms with van der Waals surface area (Å²) in [5, 5.41) is 15.5. The molecule has 0 amide bonds. The average molecular weight is 269 g/mol. The molecule has 1 aliphatic carbocycles. The van der Waals surface area contributed by atoms with Crippen molar-refractivity contribution in [2.45, 2.75) is 65.7 Å². The maximum atomic E-state index is 8.73. The lowest BCUT2D eigenvalue weighted by Gasteiger charge is -2.28. The molecule has 19 heavy (non-hydrogen) atoms. The van der Waals surface area contributed by atoms with Gasteiger partial charge in [0.25, 0.3) is 0 Å². The van der Waals surface area contributed by atoms with Crippen LogP contribution in [0.3, 0.4) is 0 Å². The zero-order chi connectivity index (χ0) is 14.4. The summed E-state index contributed by atoms with van der Waals surface area (Å²) in [6.07, 6.45) is 8.84. The zero-order valence-corrected chi connectivity index (χ0v) is 12.8. The summed E-state index contributed by atoms with van der Waals surface area (Å²) < 4.78 is 0. The highest BCUT2D eigenvalue weighted by Gasteiger charge is 2.31. The third-order valence-electron chi connectivity index (χ3n) is 4.87. The van der Waals surface area contributed by atoms with Gasteiger partial charge in [-0.1, -0.05) is 38.8 Å². The second kappa shape index (κ2) is 7.13. The lowest BCUT2D eigenvalue weighted by molar-refractivity contribution is 0.266. The van der Waals surface area contributed by atoms with Crippen LogP contribution in [0.4, 0.5) is 0 Å². The van der Waals surface area contributed by atoms with E-state index in [1.165, 1.54) is 32.1 Å². The third-order valence-corrected chi connectivity index (χ3v) is 4.87. The number of nitrogens with one attached hydrogen (secondary N) is 1. The van der Waals surface area contributed by atoms with Crippen LogP contribution in [0.5, 0.6) is 0 Å². The number of hydrogen-bond acceptors (Lipinski definition) is 3. The normalized spacial score (nSPS) is 19.8. The second-order valence-corrected chi connectivity index (χ2v) is 6.71. The standard InChI is InChI=1S/C15H31N3O/c1-4-15(9-5-6-10-15)12-17-11-7-8-14(2,3)13(16)18-19/h17,19H,4-12H2,1-3H3,(H2,16,18). The van der Waals surface area contributed by atoms with Gasteiger partial charge in [-0.05, 0) is 44.1 Å². The van der Waals surface area contributed by atoms with E-state index < -0.39 is 0 Å². The van der Waals surface area contributed by atoms with Crippen LogP contribution in [0.2, 0.25) is 0 Å². The summed E-state index contributed by atoms with van der Waals surface area (Å²) in [6.45, 7) is 8.52. The van der Waals surface area contributed by atoms with E-state index in [-0.39, 0.29) is 5.41 Å². The molecular formula is C15H31N3O. The van der Waals surface area contributed by atoms with Crippen LogP contribution in [0.15, 0.2) is 5.16 Å². The second-order valence-electron chi connectivity index (χ2n) is 6.71. The molecule has 112 valence electrons. The molecule has 0 bridgehead atoms. The van der Waals surface area contributed by atoms with Crippen molar-refractivity contribution in [1.29, 1.82) is 0 Å². The average Bonchev–Trinajstić information content (AvgIpc) is 2.86. The molecule has 4 N–H and O–H groups in total. The molecule has 0 heterocycles. The Morgan fingerprint density at radius 1 is 1.37 bits per heavy atom. The predicted molar refractivity (Wildman–Crippen MR) is 80.5 cm³/mol. The van der Waals surface area contributed by atoms with Gasteiger partial charge in [0.2, 0.25) is 0 Å². The molecule has 0 saturated heterocycles. The highest BCUT2D eigenvalue weighted by atomic mass is 16.4. The Hall–Kier alpha value is -0.770. The van der Waals surface area contributed by atoms with Crippen molar-refractivity contribution in [3.63, 3.8) is 0 Å². The Balaban J connectivity index is 2.21. The Labute approximate surface area is 117 Å². The summed E-state index contributed by atoms with van der Waals surface area (Å²) in [5.74, 6) is 0.327. The molecule has 1 rings (SSSR count). The Kier molecular flexibility index (Phi) is 6.11. The summed E-state index contributed by atoms with van der Waals surface area (Å²) in [5.41, 5.74) is 6.03. The van der Waals surface area contributed by atoms with Crippen molar-refractivity contribution in [3.8, 4) is 0 Å². The molecule has 4 heteroatoms. The lowest BCUT2D eigenvalue weighted by Crippen LogP contribution is -2.34. The van der Waals surface area contributed by atoms with Gasteiger partial charge in [-0.2, -0.15) is 0 Å². The van der Waals surface area contributed by atoms with Crippen LogP contribution in [-0.2, 0) is 0 Å². The van der Waals surface area contributed by atoms with Gasteiger partial charge in [0, 0.05) is 12.0 Å². The van der Waals surface area contributed by atoms with Crippen molar-refractivity contribution in [2.75, 3.05) is 13.1 Å². The summed E-state index contributed by atoms with van der Waals surface area (Å²) in [6, 6.07) is 0. The number of rotatable bonds is 8. The van der Waals surface area contributed by atoms with E-state index in [0.29, 0.717) is 11.3 Å². The number of amidine groups is 1. The number of nitrogens with two attached hydrogens (primary N) is 1. The predicted octanol–water partition coefficient (Wildman–Crippen LogP) is 3.10. The molecule has 0 aliphatic heterocycles. The van der Waals surface area contributed by atoms with Crippen LogP contribution in [0, 0.1) is 10.8 Å². The highest BCUT2D eigenvalue weighted by Crippen LogP contribution is 2.40. The molecule has 0 spiro atoms. The van der Waals surface area contributed by atoms with Gasteiger partial charge in [0.05, 0.1) is 0 Å². The molecule has 1 aliphatic rings. The van der Waals surface area contributed by atoms with Crippen molar-refractivity contribution < 1.29 is 5.21 Å². The monoisotopic (exact) mass is 269 g/mol. The van der Waals surface area contributed by atoms with Crippen LogP contribution in [0.1, 0.15) is 65.7 Å². The summed E-state index contributed by atoms with van der Waals surface area (Å²) >= 11 is 0. The van der Waals surface area contributed by atoms with Crippen molar-refractivity contribution in [2.24, 2.45) is 21.7 Å². The van der Waals surface area contributed by atoms with E-state index >= 15 is 0 Å². The first-order valence-corrected chi connectivity index (χ1v) is 7.64. The smallest absolute Gasteiger partial charge is 0.144 e. The van der Waals surface area contributed by atoms with Gasteiger partial charge in [-0.3, -0.25) is 0 Å². The summed E-state index contributed by atoms with van der Waals surface area (Å²) in [4.78, 5) is 0. The van der Waals surface area contributed by atoms with Crippen LogP contribution in [-0.4, -0.2) is 24.1 Å². The fourth-order valence-electron chi connectivity index (χ4n) is 3.05. The van der Waals surface area contributed by atoms with Crippen molar-refractivity contribution >= 4 is 5.84 Å². The minimum atomic E-state index is -0.216. The lowest BCUT2D eigenvalue weighted by atomic mass is 9.83. The third kappa shape index (κ3) is 4.68.